The molecule has 0 amide bonds. The van der Waals surface area contributed by atoms with Crippen LogP contribution in [-0.2, 0) is 19.5 Å². The van der Waals surface area contributed by atoms with Gasteiger partial charge in [0, 0.05) is 12.0 Å². The standard InChI is InChI=1S/C12H14FNO5S/c1-7-10(13)4-8(5-11(7)20(14,16)17)12(15)19-9-2-3-18-6-9/h4-5,9H,2-3,6H2,1H3,(H2,14,16,17). The van der Waals surface area contributed by atoms with Gasteiger partial charge in [-0.05, 0) is 19.1 Å². The van der Waals surface area contributed by atoms with Gasteiger partial charge >= 0.3 is 5.97 Å². The summed E-state index contributed by atoms with van der Waals surface area (Å²) in [7, 11) is -4.11. The summed E-state index contributed by atoms with van der Waals surface area (Å²) in [5, 5.41) is 4.99. The van der Waals surface area contributed by atoms with E-state index in [1.165, 1.54) is 6.92 Å². The lowest BCUT2D eigenvalue weighted by molar-refractivity contribution is 0.0270. The van der Waals surface area contributed by atoms with Crippen molar-refractivity contribution in [1.29, 1.82) is 0 Å². The van der Waals surface area contributed by atoms with Crippen LogP contribution in [0.1, 0.15) is 22.3 Å². The van der Waals surface area contributed by atoms with Gasteiger partial charge in [0.1, 0.15) is 11.9 Å². The molecular formula is C12H14FNO5S. The Morgan fingerprint density at radius 2 is 2.20 bits per heavy atom. The monoisotopic (exact) mass is 303 g/mol. The van der Waals surface area contributed by atoms with E-state index in [0.717, 1.165) is 12.1 Å². The SMILES string of the molecule is Cc1c(F)cc(C(=O)OC2CCOC2)cc1S(N)(=O)=O. The summed E-state index contributed by atoms with van der Waals surface area (Å²) in [6.07, 6.45) is 0.159. The molecule has 2 N–H and O–H groups in total. The number of ether oxygens (including phenoxy) is 2. The third-order valence-corrected chi connectivity index (χ3v) is 4.04. The highest BCUT2D eigenvalue weighted by Gasteiger charge is 2.24. The quantitative estimate of drug-likeness (QED) is 0.830. The zero-order valence-electron chi connectivity index (χ0n) is 10.8. The van der Waals surface area contributed by atoms with Gasteiger partial charge in [-0.25, -0.2) is 22.7 Å². The second kappa shape index (κ2) is 5.47. The molecule has 0 saturated carbocycles. The minimum absolute atomic E-state index is 0.131. The first-order valence-corrected chi connectivity index (χ1v) is 7.45. The van der Waals surface area contributed by atoms with Crippen LogP contribution in [0.25, 0.3) is 0 Å². The molecular weight excluding hydrogens is 289 g/mol. The van der Waals surface area contributed by atoms with Gasteiger partial charge in [0.25, 0.3) is 0 Å². The largest absolute Gasteiger partial charge is 0.456 e. The van der Waals surface area contributed by atoms with Gasteiger partial charge in [-0.15, -0.1) is 0 Å². The number of hydrogen-bond acceptors (Lipinski definition) is 5. The molecule has 1 aliphatic rings. The second-order valence-corrected chi connectivity index (χ2v) is 6.05. The van der Waals surface area contributed by atoms with Gasteiger partial charge in [0.05, 0.1) is 23.7 Å². The van der Waals surface area contributed by atoms with E-state index in [1.807, 2.05) is 0 Å². The molecule has 0 aliphatic carbocycles. The first-order valence-electron chi connectivity index (χ1n) is 5.90. The second-order valence-electron chi connectivity index (χ2n) is 4.52. The average molecular weight is 303 g/mol. The number of carbonyl (C=O) groups is 1. The van der Waals surface area contributed by atoms with E-state index in [1.54, 1.807) is 0 Å². The van der Waals surface area contributed by atoms with Crippen LogP contribution >= 0.6 is 0 Å². The number of carbonyl (C=O) groups excluding carboxylic acids is 1. The van der Waals surface area contributed by atoms with E-state index in [4.69, 9.17) is 14.6 Å². The predicted octanol–water partition coefficient (Wildman–Crippen LogP) is 0.727. The van der Waals surface area contributed by atoms with Crippen molar-refractivity contribution in [3.05, 3.63) is 29.1 Å². The third-order valence-electron chi connectivity index (χ3n) is 3.00. The van der Waals surface area contributed by atoms with Crippen molar-refractivity contribution in [3.8, 4) is 0 Å². The van der Waals surface area contributed by atoms with Crippen molar-refractivity contribution in [1.82, 2.24) is 0 Å². The van der Waals surface area contributed by atoms with E-state index in [-0.39, 0.29) is 17.7 Å². The number of benzene rings is 1. The Bertz CT molecular complexity index is 637. The number of esters is 1. The normalized spacial score (nSPS) is 19.1. The summed E-state index contributed by atoms with van der Waals surface area (Å²) < 4.78 is 46.6. The van der Waals surface area contributed by atoms with Gasteiger partial charge in [-0.1, -0.05) is 0 Å². The lowest BCUT2D eigenvalue weighted by Crippen LogP contribution is -2.20. The van der Waals surface area contributed by atoms with Gasteiger partial charge in [0.2, 0.25) is 10.0 Å². The van der Waals surface area contributed by atoms with Crippen LogP contribution in [0.15, 0.2) is 17.0 Å². The average Bonchev–Trinajstić information content (AvgIpc) is 2.83. The molecule has 1 saturated heterocycles. The molecule has 1 aliphatic heterocycles. The molecule has 0 aromatic heterocycles. The molecule has 1 fully saturated rings. The van der Waals surface area contributed by atoms with Crippen LogP contribution in [-0.4, -0.2) is 33.7 Å². The Kier molecular flexibility index (Phi) is 4.07. The van der Waals surface area contributed by atoms with E-state index in [9.17, 15) is 17.6 Å². The minimum atomic E-state index is -4.11. The summed E-state index contributed by atoms with van der Waals surface area (Å²) in [5.41, 5.74) is -0.322. The van der Waals surface area contributed by atoms with E-state index in [0.29, 0.717) is 13.0 Å². The molecule has 0 radical (unpaired) electrons. The van der Waals surface area contributed by atoms with Crippen LogP contribution < -0.4 is 5.14 Å². The van der Waals surface area contributed by atoms with Gasteiger partial charge in [-0.3, -0.25) is 0 Å². The highest BCUT2D eigenvalue weighted by Crippen LogP contribution is 2.21. The fourth-order valence-electron chi connectivity index (χ4n) is 1.89. The molecule has 0 spiro atoms. The lowest BCUT2D eigenvalue weighted by atomic mass is 10.1. The van der Waals surface area contributed by atoms with E-state index < -0.39 is 32.8 Å². The van der Waals surface area contributed by atoms with Crippen molar-refractivity contribution in [2.45, 2.75) is 24.3 Å². The number of hydrogen-bond donors (Lipinski definition) is 1. The van der Waals surface area contributed by atoms with Crippen molar-refractivity contribution in [2.24, 2.45) is 5.14 Å². The minimum Gasteiger partial charge on any atom is -0.456 e. The summed E-state index contributed by atoms with van der Waals surface area (Å²) in [5.74, 6) is -1.63. The van der Waals surface area contributed by atoms with Crippen LogP contribution in [0, 0.1) is 12.7 Å². The van der Waals surface area contributed by atoms with E-state index in [2.05, 4.69) is 0 Å². The van der Waals surface area contributed by atoms with Crippen molar-refractivity contribution >= 4 is 16.0 Å². The Morgan fingerprint density at radius 1 is 1.50 bits per heavy atom. The summed E-state index contributed by atoms with van der Waals surface area (Å²) in [6, 6.07) is 1.95. The molecule has 1 heterocycles. The summed E-state index contributed by atoms with van der Waals surface area (Å²) in [4.78, 5) is 11.4. The maximum absolute atomic E-state index is 13.7. The molecule has 6 nitrogen and oxygen atoms in total. The van der Waals surface area contributed by atoms with Crippen LogP contribution in [0.5, 0.6) is 0 Å². The zero-order valence-corrected chi connectivity index (χ0v) is 11.6. The molecule has 1 aromatic carbocycles. The van der Waals surface area contributed by atoms with Crippen LogP contribution in [0.3, 0.4) is 0 Å². The number of halogens is 1. The first-order chi connectivity index (χ1) is 9.29. The van der Waals surface area contributed by atoms with E-state index >= 15 is 0 Å². The van der Waals surface area contributed by atoms with Gasteiger partial charge in [0.15, 0.2) is 0 Å². The molecule has 1 unspecified atom stereocenters. The molecule has 1 aromatic rings. The molecule has 2 rings (SSSR count). The van der Waals surface area contributed by atoms with Crippen LogP contribution in [0.2, 0.25) is 0 Å². The van der Waals surface area contributed by atoms with Crippen molar-refractivity contribution in [2.75, 3.05) is 13.2 Å². The zero-order chi connectivity index (χ0) is 14.9. The fourth-order valence-corrected chi connectivity index (χ4v) is 2.71. The molecule has 20 heavy (non-hydrogen) atoms. The Balaban J connectivity index is 2.32. The topological polar surface area (TPSA) is 95.7 Å². The van der Waals surface area contributed by atoms with Crippen molar-refractivity contribution < 1.29 is 27.1 Å². The predicted molar refractivity (Wildman–Crippen MR) is 67.1 cm³/mol. The lowest BCUT2D eigenvalue weighted by Gasteiger charge is -2.12. The first kappa shape index (κ1) is 14.9. The van der Waals surface area contributed by atoms with Crippen LogP contribution in [0.4, 0.5) is 4.39 Å². The Labute approximate surface area is 115 Å². The molecule has 110 valence electrons. The highest BCUT2D eigenvalue weighted by molar-refractivity contribution is 7.89. The number of nitrogens with two attached hydrogens (primary N) is 1. The highest BCUT2D eigenvalue weighted by atomic mass is 32.2. The Morgan fingerprint density at radius 3 is 2.75 bits per heavy atom. The number of primary sulfonamides is 1. The summed E-state index contributed by atoms with van der Waals surface area (Å²) in [6.45, 7) is 2.04. The molecule has 1 atom stereocenters. The number of rotatable bonds is 3. The summed E-state index contributed by atoms with van der Waals surface area (Å²) >= 11 is 0. The van der Waals surface area contributed by atoms with Gasteiger partial charge in [-0.2, -0.15) is 0 Å². The maximum Gasteiger partial charge on any atom is 0.338 e. The molecule has 0 bridgehead atoms. The smallest absolute Gasteiger partial charge is 0.338 e. The third kappa shape index (κ3) is 3.14. The van der Waals surface area contributed by atoms with Crippen molar-refractivity contribution in [3.63, 3.8) is 0 Å². The molecule has 8 heteroatoms. The van der Waals surface area contributed by atoms with Gasteiger partial charge < -0.3 is 9.47 Å². The Hall–Kier alpha value is -1.51. The maximum atomic E-state index is 13.7. The number of sulfonamides is 1. The fraction of sp³-hybridized carbons (Fsp3) is 0.417.